The summed E-state index contributed by atoms with van der Waals surface area (Å²) in [5, 5.41) is 3.15. The third-order valence-electron chi connectivity index (χ3n) is 2.63. The van der Waals surface area contributed by atoms with Crippen LogP contribution < -0.4 is 5.32 Å². The number of aromatic nitrogens is 2. The van der Waals surface area contributed by atoms with E-state index in [1.807, 2.05) is 13.8 Å². The van der Waals surface area contributed by atoms with Crippen molar-refractivity contribution in [2.45, 2.75) is 26.8 Å². The maximum atomic E-state index is 11.3. The number of rotatable bonds is 6. The van der Waals surface area contributed by atoms with Crippen LogP contribution in [0.2, 0.25) is 0 Å². The zero-order valence-electron chi connectivity index (χ0n) is 10.5. The predicted molar refractivity (Wildman–Crippen MR) is 67.5 cm³/mol. The molecule has 0 aromatic carbocycles. The smallest absolute Gasteiger partial charge is 0.151 e. The summed E-state index contributed by atoms with van der Waals surface area (Å²) in [6.45, 7) is 5.94. The van der Waals surface area contributed by atoms with Crippen LogP contribution in [0, 0.1) is 6.92 Å². The van der Waals surface area contributed by atoms with Gasteiger partial charge >= 0.3 is 0 Å². The van der Waals surface area contributed by atoms with E-state index in [4.69, 9.17) is 0 Å². The fourth-order valence-corrected chi connectivity index (χ4v) is 2.23. The standard InChI is InChI=1S/C11H19N3O2S/c1-4-17(15,16)8-7-13-10(3)11-9(2)12-5-6-14-11/h5-6,10,13H,4,7-8H2,1-3H3. The lowest BCUT2D eigenvalue weighted by Gasteiger charge is -2.14. The van der Waals surface area contributed by atoms with Crippen molar-refractivity contribution in [3.05, 3.63) is 23.8 Å². The van der Waals surface area contributed by atoms with Gasteiger partial charge in [-0.3, -0.25) is 9.97 Å². The lowest BCUT2D eigenvalue weighted by atomic mass is 10.2. The zero-order chi connectivity index (χ0) is 12.9. The summed E-state index contributed by atoms with van der Waals surface area (Å²) in [7, 11) is -2.91. The summed E-state index contributed by atoms with van der Waals surface area (Å²) in [4.78, 5) is 8.39. The molecule has 1 rings (SSSR count). The molecule has 96 valence electrons. The molecule has 0 saturated heterocycles. The van der Waals surface area contributed by atoms with Gasteiger partial charge in [-0.1, -0.05) is 6.92 Å². The summed E-state index contributed by atoms with van der Waals surface area (Å²) in [5.74, 6) is 0.348. The molecule has 0 saturated carbocycles. The van der Waals surface area contributed by atoms with Crippen LogP contribution >= 0.6 is 0 Å². The molecule has 0 spiro atoms. The molecule has 1 aromatic rings. The molecule has 1 atom stereocenters. The molecule has 17 heavy (non-hydrogen) atoms. The number of hydrogen-bond acceptors (Lipinski definition) is 5. The van der Waals surface area contributed by atoms with E-state index in [0.717, 1.165) is 11.4 Å². The van der Waals surface area contributed by atoms with Gasteiger partial charge in [0, 0.05) is 30.7 Å². The summed E-state index contributed by atoms with van der Waals surface area (Å²) in [5.41, 5.74) is 1.73. The van der Waals surface area contributed by atoms with Gasteiger partial charge < -0.3 is 5.32 Å². The van der Waals surface area contributed by atoms with Crippen LogP contribution in [-0.2, 0) is 9.84 Å². The van der Waals surface area contributed by atoms with E-state index >= 15 is 0 Å². The number of aryl methyl sites for hydroxylation is 1. The Kier molecular flexibility index (Phi) is 5.02. The van der Waals surface area contributed by atoms with E-state index in [2.05, 4.69) is 15.3 Å². The Hall–Kier alpha value is -1.01. The van der Waals surface area contributed by atoms with E-state index in [1.54, 1.807) is 19.3 Å². The van der Waals surface area contributed by atoms with Crippen LogP contribution in [0.3, 0.4) is 0 Å². The first-order valence-electron chi connectivity index (χ1n) is 5.67. The zero-order valence-corrected chi connectivity index (χ0v) is 11.3. The van der Waals surface area contributed by atoms with Crippen molar-refractivity contribution in [1.29, 1.82) is 0 Å². The second-order valence-electron chi connectivity index (χ2n) is 3.94. The van der Waals surface area contributed by atoms with Crippen molar-refractivity contribution in [2.75, 3.05) is 18.1 Å². The third-order valence-corrected chi connectivity index (χ3v) is 4.34. The molecule has 1 heterocycles. The Bertz CT molecular complexity index is 460. The topological polar surface area (TPSA) is 72.0 Å². The van der Waals surface area contributed by atoms with Gasteiger partial charge in [0.15, 0.2) is 9.84 Å². The second kappa shape index (κ2) is 6.07. The molecule has 0 radical (unpaired) electrons. The first kappa shape index (κ1) is 14.1. The van der Waals surface area contributed by atoms with Gasteiger partial charge in [-0.05, 0) is 13.8 Å². The normalized spacial score (nSPS) is 13.6. The molecule has 6 heteroatoms. The lowest BCUT2D eigenvalue weighted by Crippen LogP contribution is -2.27. The fraction of sp³-hybridized carbons (Fsp3) is 0.636. The minimum absolute atomic E-state index is 0.00996. The minimum Gasteiger partial charge on any atom is -0.308 e. The monoisotopic (exact) mass is 257 g/mol. The Morgan fingerprint density at radius 3 is 2.59 bits per heavy atom. The fourth-order valence-electron chi connectivity index (χ4n) is 1.52. The van der Waals surface area contributed by atoms with Gasteiger partial charge in [-0.2, -0.15) is 0 Å². The summed E-state index contributed by atoms with van der Waals surface area (Å²) in [6.07, 6.45) is 3.29. The van der Waals surface area contributed by atoms with Crippen LogP contribution in [0.15, 0.2) is 12.4 Å². The molecule has 0 aliphatic carbocycles. The summed E-state index contributed by atoms with van der Waals surface area (Å²) in [6, 6.07) is 0.00996. The Morgan fingerprint density at radius 2 is 2.00 bits per heavy atom. The van der Waals surface area contributed by atoms with Gasteiger partial charge in [-0.25, -0.2) is 8.42 Å². The van der Waals surface area contributed by atoms with Gasteiger partial charge in [0.05, 0.1) is 17.1 Å². The third kappa shape index (κ3) is 4.40. The highest BCUT2D eigenvalue weighted by molar-refractivity contribution is 7.91. The van der Waals surface area contributed by atoms with E-state index in [1.165, 1.54) is 0 Å². The molecule has 1 unspecified atom stereocenters. The SMILES string of the molecule is CCS(=O)(=O)CCNC(C)c1nccnc1C. The number of hydrogen-bond donors (Lipinski definition) is 1. The molecule has 1 aromatic heterocycles. The molecule has 0 aliphatic heterocycles. The first-order chi connectivity index (χ1) is 7.96. The molecular formula is C11H19N3O2S. The maximum absolute atomic E-state index is 11.3. The summed E-state index contributed by atoms with van der Waals surface area (Å²) >= 11 is 0. The minimum atomic E-state index is -2.91. The Morgan fingerprint density at radius 1 is 1.35 bits per heavy atom. The number of nitrogens with one attached hydrogen (secondary N) is 1. The van der Waals surface area contributed by atoms with E-state index in [-0.39, 0.29) is 17.5 Å². The Balaban J connectivity index is 2.51. The van der Waals surface area contributed by atoms with Gasteiger partial charge in [0.1, 0.15) is 0 Å². The van der Waals surface area contributed by atoms with Crippen LogP contribution in [0.4, 0.5) is 0 Å². The van der Waals surface area contributed by atoms with Crippen LogP contribution in [0.1, 0.15) is 31.3 Å². The van der Waals surface area contributed by atoms with Crippen molar-refractivity contribution in [3.8, 4) is 0 Å². The molecule has 0 fully saturated rings. The molecule has 0 amide bonds. The summed E-state index contributed by atoms with van der Waals surface area (Å²) < 4.78 is 22.6. The van der Waals surface area contributed by atoms with Gasteiger partial charge in [0.25, 0.3) is 0 Å². The Labute approximate surface area is 103 Å². The van der Waals surface area contributed by atoms with Crippen LogP contribution in [0.5, 0.6) is 0 Å². The average molecular weight is 257 g/mol. The van der Waals surface area contributed by atoms with E-state index < -0.39 is 9.84 Å². The van der Waals surface area contributed by atoms with Crippen molar-refractivity contribution in [3.63, 3.8) is 0 Å². The van der Waals surface area contributed by atoms with Crippen LogP contribution in [0.25, 0.3) is 0 Å². The quantitative estimate of drug-likeness (QED) is 0.818. The molecule has 0 bridgehead atoms. The number of nitrogens with zero attached hydrogens (tertiary/aromatic N) is 2. The maximum Gasteiger partial charge on any atom is 0.151 e. The van der Waals surface area contributed by atoms with Crippen molar-refractivity contribution >= 4 is 9.84 Å². The molecular weight excluding hydrogens is 238 g/mol. The van der Waals surface area contributed by atoms with Crippen molar-refractivity contribution in [2.24, 2.45) is 0 Å². The largest absolute Gasteiger partial charge is 0.308 e. The highest BCUT2D eigenvalue weighted by Gasteiger charge is 2.12. The first-order valence-corrected chi connectivity index (χ1v) is 7.49. The van der Waals surface area contributed by atoms with Gasteiger partial charge in [0.2, 0.25) is 0 Å². The van der Waals surface area contributed by atoms with E-state index in [9.17, 15) is 8.42 Å². The highest BCUT2D eigenvalue weighted by atomic mass is 32.2. The average Bonchev–Trinajstić information content (AvgIpc) is 2.29. The molecule has 1 N–H and O–H groups in total. The second-order valence-corrected chi connectivity index (χ2v) is 6.41. The lowest BCUT2D eigenvalue weighted by molar-refractivity contribution is 0.562. The highest BCUT2D eigenvalue weighted by Crippen LogP contribution is 2.11. The predicted octanol–water partition coefficient (Wildman–Crippen LogP) is 0.870. The number of sulfone groups is 1. The van der Waals surface area contributed by atoms with Crippen molar-refractivity contribution < 1.29 is 8.42 Å². The van der Waals surface area contributed by atoms with Crippen molar-refractivity contribution in [1.82, 2.24) is 15.3 Å². The van der Waals surface area contributed by atoms with E-state index in [0.29, 0.717) is 6.54 Å². The molecule has 0 aliphatic rings. The van der Waals surface area contributed by atoms with Crippen LogP contribution in [-0.4, -0.2) is 36.4 Å². The molecule has 5 nitrogen and oxygen atoms in total. The van der Waals surface area contributed by atoms with Gasteiger partial charge in [-0.15, -0.1) is 0 Å².